The van der Waals surface area contributed by atoms with Gasteiger partial charge in [0.05, 0.1) is 0 Å². The highest BCUT2D eigenvalue weighted by Gasteiger charge is 2.15. The lowest BCUT2D eigenvalue weighted by atomic mass is 10.1. The Labute approximate surface area is 148 Å². The Kier molecular flexibility index (Phi) is 5.46. The van der Waals surface area contributed by atoms with Gasteiger partial charge >= 0.3 is 0 Å². The van der Waals surface area contributed by atoms with Crippen molar-refractivity contribution in [3.8, 4) is 17.2 Å². The molecule has 0 amide bonds. The number of hydrogen-bond donors (Lipinski definition) is 2. The van der Waals surface area contributed by atoms with E-state index in [-0.39, 0.29) is 6.79 Å². The molecule has 0 fully saturated rings. The van der Waals surface area contributed by atoms with E-state index >= 15 is 0 Å². The summed E-state index contributed by atoms with van der Waals surface area (Å²) in [5.74, 6) is 2.47. The van der Waals surface area contributed by atoms with Gasteiger partial charge in [-0.15, -0.1) is 0 Å². The first-order valence-electron chi connectivity index (χ1n) is 8.62. The van der Waals surface area contributed by atoms with Crippen molar-refractivity contribution in [1.29, 1.82) is 0 Å². The molecule has 25 heavy (non-hydrogen) atoms. The molecule has 5 nitrogen and oxygen atoms in total. The molecule has 0 radical (unpaired) electrons. The van der Waals surface area contributed by atoms with Gasteiger partial charge in [-0.3, -0.25) is 0 Å². The topological polar surface area (TPSA) is 64.5 Å². The van der Waals surface area contributed by atoms with Crippen LogP contribution in [0.2, 0.25) is 0 Å². The standard InChI is InChI=1S/C20H25NO4/c1-13-4-5-14(2)20(15(13)3)23-11-17(22)10-21-9-16-6-7-18-19(8-16)25-12-24-18/h4-8,17,21-22H,9-12H2,1-3H3/p+1/t17-/m0/s1. The molecule has 1 aliphatic heterocycles. The van der Waals surface area contributed by atoms with Gasteiger partial charge in [-0.1, -0.05) is 12.1 Å². The van der Waals surface area contributed by atoms with Crippen molar-refractivity contribution >= 4 is 0 Å². The van der Waals surface area contributed by atoms with E-state index in [9.17, 15) is 5.11 Å². The van der Waals surface area contributed by atoms with Crippen LogP contribution in [0.4, 0.5) is 0 Å². The van der Waals surface area contributed by atoms with Gasteiger partial charge in [0, 0.05) is 5.56 Å². The average Bonchev–Trinajstić information content (AvgIpc) is 3.06. The summed E-state index contributed by atoms with van der Waals surface area (Å²) in [6.07, 6.45) is -0.520. The molecule has 0 saturated heterocycles. The maximum atomic E-state index is 10.2. The van der Waals surface area contributed by atoms with Crippen LogP contribution in [0, 0.1) is 20.8 Å². The zero-order valence-electron chi connectivity index (χ0n) is 15.0. The van der Waals surface area contributed by atoms with Crippen molar-refractivity contribution in [3.63, 3.8) is 0 Å². The Morgan fingerprint density at radius 1 is 1.08 bits per heavy atom. The predicted octanol–water partition coefficient (Wildman–Crippen LogP) is 1.84. The highest BCUT2D eigenvalue weighted by Crippen LogP contribution is 2.32. The van der Waals surface area contributed by atoms with Crippen molar-refractivity contribution in [1.82, 2.24) is 0 Å². The Balaban J connectivity index is 1.46. The van der Waals surface area contributed by atoms with Crippen molar-refractivity contribution in [2.75, 3.05) is 19.9 Å². The molecule has 0 saturated carbocycles. The summed E-state index contributed by atoms with van der Waals surface area (Å²) >= 11 is 0. The monoisotopic (exact) mass is 344 g/mol. The van der Waals surface area contributed by atoms with Gasteiger partial charge in [-0.05, 0) is 55.7 Å². The van der Waals surface area contributed by atoms with Crippen molar-refractivity contribution in [2.24, 2.45) is 0 Å². The third kappa shape index (κ3) is 4.24. The number of aliphatic hydroxyl groups excluding tert-OH is 1. The van der Waals surface area contributed by atoms with Crippen LogP contribution < -0.4 is 19.5 Å². The Hall–Kier alpha value is -2.24. The molecule has 1 atom stereocenters. The first kappa shape index (κ1) is 17.6. The largest absolute Gasteiger partial charge is 0.490 e. The van der Waals surface area contributed by atoms with Crippen LogP contribution in [-0.4, -0.2) is 31.2 Å². The number of aryl methyl sites for hydroxylation is 2. The Morgan fingerprint density at radius 2 is 1.84 bits per heavy atom. The number of nitrogens with two attached hydrogens (primary N) is 1. The molecule has 0 aromatic heterocycles. The maximum absolute atomic E-state index is 10.2. The average molecular weight is 344 g/mol. The summed E-state index contributed by atoms with van der Waals surface area (Å²) in [5, 5.41) is 12.3. The summed E-state index contributed by atoms with van der Waals surface area (Å²) < 4.78 is 16.6. The van der Waals surface area contributed by atoms with E-state index in [0.717, 1.165) is 40.5 Å². The second-order valence-electron chi connectivity index (χ2n) is 6.53. The SMILES string of the molecule is Cc1ccc(C)c(OC[C@@H](O)C[NH2+]Cc2ccc3c(c2)OCO3)c1C. The van der Waals surface area contributed by atoms with Crippen molar-refractivity contribution in [2.45, 2.75) is 33.4 Å². The molecular formula is C20H26NO4+. The quantitative estimate of drug-likeness (QED) is 0.804. The number of hydrogen-bond acceptors (Lipinski definition) is 4. The van der Waals surface area contributed by atoms with Crippen LogP contribution in [0.15, 0.2) is 30.3 Å². The van der Waals surface area contributed by atoms with E-state index in [2.05, 4.69) is 31.3 Å². The number of rotatable bonds is 7. The van der Waals surface area contributed by atoms with Gasteiger partial charge < -0.3 is 24.6 Å². The minimum Gasteiger partial charge on any atom is -0.490 e. The van der Waals surface area contributed by atoms with Gasteiger partial charge in [-0.2, -0.15) is 0 Å². The maximum Gasteiger partial charge on any atom is 0.231 e. The zero-order valence-corrected chi connectivity index (χ0v) is 15.0. The lowest BCUT2D eigenvalue weighted by Gasteiger charge is -2.16. The first-order chi connectivity index (χ1) is 12.0. The highest BCUT2D eigenvalue weighted by atomic mass is 16.7. The number of ether oxygens (including phenoxy) is 3. The van der Waals surface area contributed by atoms with E-state index in [4.69, 9.17) is 14.2 Å². The smallest absolute Gasteiger partial charge is 0.231 e. The fraction of sp³-hybridized carbons (Fsp3) is 0.400. The van der Waals surface area contributed by atoms with Crippen LogP contribution in [0.25, 0.3) is 0 Å². The Bertz CT molecular complexity index is 745. The van der Waals surface area contributed by atoms with E-state index in [0.29, 0.717) is 13.2 Å². The third-order valence-electron chi connectivity index (χ3n) is 4.55. The molecule has 0 unspecified atom stereocenters. The fourth-order valence-electron chi connectivity index (χ4n) is 2.91. The number of benzene rings is 2. The van der Waals surface area contributed by atoms with Gasteiger partial charge in [0.15, 0.2) is 11.5 Å². The normalized spacial score (nSPS) is 13.8. The number of fused-ring (bicyclic) bond motifs is 1. The van der Waals surface area contributed by atoms with Crippen molar-refractivity contribution < 1.29 is 24.6 Å². The molecule has 3 N–H and O–H groups in total. The van der Waals surface area contributed by atoms with Gasteiger partial charge in [0.1, 0.15) is 31.5 Å². The van der Waals surface area contributed by atoms with Gasteiger partial charge in [0.25, 0.3) is 0 Å². The lowest BCUT2D eigenvalue weighted by Crippen LogP contribution is -2.85. The summed E-state index contributed by atoms with van der Waals surface area (Å²) in [4.78, 5) is 0. The van der Waals surface area contributed by atoms with E-state index < -0.39 is 6.10 Å². The van der Waals surface area contributed by atoms with Crippen LogP contribution in [-0.2, 0) is 6.54 Å². The van der Waals surface area contributed by atoms with Crippen LogP contribution in [0.3, 0.4) is 0 Å². The summed E-state index contributed by atoms with van der Waals surface area (Å²) in [6, 6.07) is 10.1. The van der Waals surface area contributed by atoms with Gasteiger partial charge in [-0.25, -0.2) is 0 Å². The van der Waals surface area contributed by atoms with E-state index in [1.54, 1.807) is 0 Å². The number of aliphatic hydroxyl groups is 1. The molecule has 0 spiro atoms. The van der Waals surface area contributed by atoms with Crippen LogP contribution >= 0.6 is 0 Å². The van der Waals surface area contributed by atoms with E-state index in [1.807, 2.05) is 25.1 Å². The molecule has 5 heteroatoms. The third-order valence-corrected chi connectivity index (χ3v) is 4.55. The number of quaternary nitrogens is 1. The van der Waals surface area contributed by atoms with Crippen molar-refractivity contribution in [3.05, 3.63) is 52.6 Å². The summed E-state index contributed by atoms with van der Waals surface area (Å²) in [5.41, 5.74) is 4.57. The molecule has 2 aromatic carbocycles. The first-order valence-corrected chi connectivity index (χ1v) is 8.62. The molecule has 1 aliphatic rings. The molecule has 0 aliphatic carbocycles. The molecule has 1 heterocycles. The zero-order chi connectivity index (χ0) is 17.8. The predicted molar refractivity (Wildman–Crippen MR) is 95.2 cm³/mol. The summed E-state index contributed by atoms with van der Waals surface area (Å²) in [7, 11) is 0. The van der Waals surface area contributed by atoms with Gasteiger partial charge in [0.2, 0.25) is 6.79 Å². The fourth-order valence-corrected chi connectivity index (χ4v) is 2.91. The van der Waals surface area contributed by atoms with Crippen LogP contribution in [0.5, 0.6) is 17.2 Å². The molecular weight excluding hydrogens is 318 g/mol. The van der Waals surface area contributed by atoms with E-state index in [1.165, 1.54) is 5.56 Å². The van der Waals surface area contributed by atoms with Crippen LogP contribution in [0.1, 0.15) is 22.3 Å². The second kappa shape index (κ2) is 7.76. The lowest BCUT2D eigenvalue weighted by molar-refractivity contribution is -0.676. The molecule has 2 aromatic rings. The molecule has 134 valence electrons. The minimum atomic E-state index is -0.520. The molecule has 0 bridgehead atoms. The summed E-state index contributed by atoms with van der Waals surface area (Å²) in [6.45, 7) is 8.08. The highest BCUT2D eigenvalue weighted by molar-refractivity contribution is 5.45. The Morgan fingerprint density at radius 3 is 2.68 bits per heavy atom. The molecule has 3 rings (SSSR count). The second-order valence-corrected chi connectivity index (χ2v) is 6.53. The minimum absolute atomic E-state index is 0.288.